The summed E-state index contributed by atoms with van der Waals surface area (Å²) >= 11 is 0. The molecule has 0 heterocycles. The molecule has 0 saturated heterocycles. The third-order valence-corrected chi connectivity index (χ3v) is 13.1. The van der Waals surface area contributed by atoms with Gasteiger partial charge >= 0.3 is 17.9 Å². The molecule has 0 N–H and O–H groups in total. The molecule has 0 amide bonds. The van der Waals surface area contributed by atoms with Gasteiger partial charge in [0, 0.05) is 19.3 Å². The molecule has 0 rings (SSSR count). The number of allylic oxidation sites excluding steroid dienone is 6. The largest absolute Gasteiger partial charge is 0.462 e. The molecule has 6 heteroatoms. The maximum Gasteiger partial charge on any atom is 0.306 e. The van der Waals surface area contributed by atoms with E-state index in [0.717, 1.165) is 57.8 Å². The van der Waals surface area contributed by atoms with Crippen molar-refractivity contribution in [2.75, 3.05) is 13.2 Å². The van der Waals surface area contributed by atoms with Crippen LogP contribution in [-0.4, -0.2) is 37.2 Å². The van der Waals surface area contributed by atoms with Crippen LogP contribution in [0.2, 0.25) is 0 Å². The molecule has 0 aliphatic rings. The molecule has 0 aromatic heterocycles. The van der Waals surface area contributed by atoms with Crippen LogP contribution in [0.4, 0.5) is 0 Å². The van der Waals surface area contributed by atoms with E-state index >= 15 is 0 Å². The van der Waals surface area contributed by atoms with Crippen molar-refractivity contribution in [2.24, 2.45) is 0 Å². The first-order valence-corrected chi connectivity index (χ1v) is 29.5. The van der Waals surface area contributed by atoms with E-state index in [9.17, 15) is 14.4 Å². The summed E-state index contributed by atoms with van der Waals surface area (Å²) in [7, 11) is 0. The van der Waals surface area contributed by atoms with E-state index in [1.165, 1.54) is 212 Å². The summed E-state index contributed by atoms with van der Waals surface area (Å²) in [5.74, 6) is -0.920. The quantitative estimate of drug-likeness (QED) is 0.0262. The van der Waals surface area contributed by atoms with Crippen molar-refractivity contribution in [2.45, 2.75) is 322 Å². The Bertz CT molecular complexity index is 1130. The normalized spacial score (nSPS) is 12.2. The van der Waals surface area contributed by atoms with Gasteiger partial charge in [-0.3, -0.25) is 14.4 Å². The number of carbonyl (C=O) groups excluding carboxylic acids is 3. The van der Waals surface area contributed by atoms with Crippen LogP contribution in [0.3, 0.4) is 0 Å². The van der Waals surface area contributed by atoms with E-state index in [0.29, 0.717) is 19.3 Å². The summed E-state index contributed by atoms with van der Waals surface area (Å²) in [6.07, 6.45) is 67.2. The highest BCUT2D eigenvalue weighted by Gasteiger charge is 2.19. The lowest BCUT2D eigenvalue weighted by Crippen LogP contribution is -2.30. The molecule has 0 saturated carbocycles. The number of ether oxygens (including phenoxy) is 3. The van der Waals surface area contributed by atoms with Gasteiger partial charge in [-0.15, -0.1) is 0 Å². The van der Waals surface area contributed by atoms with Crippen LogP contribution in [0.1, 0.15) is 316 Å². The minimum Gasteiger partial charge on any atom is -0.462 e. The molecule has 0 aromatic carbocycles. The Morgan fingerprint density at radius 1 is 0.299 bits per heavy atom. The van der Waals surface area contributed by atoms with Crippen molar-refractivity contribution in [3.8, 4) is 0 Å². The fourth-order valence-corrected chi connectivity index (χ4v) is 8.70. The molecule has 0 radical (unpaired) electrons. The van der Waals surface area contributed by atoms with Gasteiger partial charge in [0.2, 0.25) is 0 Å². The molecule has 0 spiro atoms. The van der Waals surface area contributed by atoms with Crippen LogP contribution in [0.25, 0.3) is 0 Å². The minimum atomic E-state index is -0.794. The number of carbonyl (C=O) groups is 3. The second-order valence-corrected chi connectivity index (χ2v) is 19.9. The molecule has 67 heavy (non-hydrogen) atoms. The van der Waals surface area contributed by atoms with Crippen molar-refractivity contribution >= 4 is 17.9 Å². The summed E-state index contributed by atoms with van der Waals surface area (Å²) < 4.78 is 16.8. The minimum absolute atomic E-state index is 0.0871. The standard InChI is InChI=1S/C61H112O6/c1-4-7-10-13-16-19-22-25-27-29-30-32-33-36-39-42-45-48-51-54-60(63)66-57-58(56-65-59(62)53-50-47-44-41-38-35-24-21-18-15-12-9-6-3)67-61(64)55-52-49-46-43-40-37-34-31-28-26-23-20-17-14-11-8-5-2/h26,28,34,37,43,46,58H,4-25,27,29-33,35-36,38-42,44-45,47-57H2,1-3H3/b28-26-,37-34-,46-43-. The highest BCUT2D eigenvalue weighted by molar-refractivity contribution is 5.71. The van der Waals surface area contributed by atoms with E-state index in [-0.39, 0.29) is 37.5 Å². The lowest BCUT2D eigenvalue weighted by molar-refractivity contribution is -0.167. The average molecular weight is 942 g/mol. The van der Waals surface area contributed by atoms with Gasteiger partial charge in [0.15, 0.2) is 6.10 Å². The fraction of sp³-hybridized carbons (Fsp3) is 0.852. The summed E-state index contributed by atoms with van der Waals surface area (Å²) in [6.45, 7) is 6.64. The number of hydrogen-bond donors (Lipinski definition) is 0. The van der Waals surface area contributed by atoms with Crippen molar-refractivity contribution in [1.29, 1.82) is 0 Å². The molecular formula is C61H112O6. The molecule has 0 aliphatic carbocycles. The van der Waals surface area contributed by atoms with Crippen molar-refractivity contribution in [3.05, 3.63) is 36.5 Å². The first-order chi connectivity index (χ1) is 33.0. The van der Waals surface area contributed by atoms with Gasteiger partial charge in [0.1, 0.15) is 13.2 Å². The molecule has 392 valence electrons. The fourth-order valence-electron chi connectivity index (χ4n) is 8.70. The van der Waals surface area contributed by atoms with E-state index in [4.69, 9.17) is 14.2 Å². The van der Waals surface area contributed by atoms with Gasteiger partial charge in [-0.25, -0.2) is 0 Å². The topological polar surface area (TPSA) is 78.9 Å². The Morgan fingerprint density at radius 3 is 0.881 bits per heavy atom. The van der Waals surface area contributed by atoms with Crippen LogP contribution in [0.15, 0.2) is 36.5 Å². The third kappa shape index (κ3) is 54.4. The Kier molecular flexibility index (Phi) is 54.2. The van der Waals surface area contributed by atoms with Crippen molar-refractivity contribution < 1.29 is 28.6 Å². The zero-order chi connectivity index (χ0) is 48.6. The first kappa shape index (κ1) is 64.6. The van der Waals surface area contributed by atoms with Crippen molar-refractivity contribution in [1.82, 2.24) is 0 Å². The lowest BCUT2D eigenvalue weighted by atomic mass is 10.0. The first-order valence-electron chi connectivity index (χ1n) is 29.5. The van der Waals surface area contributed by atoms with Gasteiger partial charge in [-0.1, -0.05) is 282 Å². The summed E-state index contributed by atoms with van der Waals surface area (Å²) in [5, 5.41) is 0. The molecule has 0 bridgehead atoms. The van der Waals surface area contributed by atoms with Crippen LogP contribution < -0.4 is 0 Å². The highest BCUT2D eigenvalue weighted by atomic mass is 16.6. The number of unbranched alkanes of at least 4 members (excludes halogenated alkanes) is 37. The van der Waals surface area contributed by atoms with Gasteiger partial charge < -0.3 is 14.2 Å². The number of rotatable bonds is 54. The Hall–Kier alpha value is -2.37. The maximum atomic E-state index is 12.8. The van der Waals surface area contributed by atoms with Gasteiger partial charge in [0.25, 0.3) is 0 Å². The van der Waals surface area contributed by atoms with E-state index in [2.05, 4.69) is 57.2 Å². The maximum absolute atomic E-state index is 12.8. The Balaban J connectivity index is 4.37. The lowest BCUT2D eigenvalue weighted by Gasteiger charge is -2.18. The summed E-state index contributed by atoms with van der Waals surface area (Å²) in [5.41, 5.74) is 0. The number of hydrogen-bond acceptors (Lipinski definition) is 6. The molecule has 0 aliphatic heterocycles. The second kappa shape index (κ2) is 56.2. The Labute approximate surface area is 416 Å². The predicted octanol–water partition coefficient (Wildman–Crippen LogP) is 19.7. The number of esters is 3. The second-order valence-electron chi connectivity index (χ2n) is 19.9. The smallest absolute Gasteiger partial charge is 0.306 e. The van der Waals surface area contributed by atoms with Gasteiger partial charge in [0.05, 0.1) is 0 Å². The zero-order valence-electron chi connectivity index (χ0n) is 44.9. The molecular weight excluding hydrogens is 829 g/mol. The van der Waals surface area contributed by atoms with Crippen LogP contribution in [0.5, 0.6) is 0 Å². The van der Waals surface area contributed by atoms with Crippen molar-refractivity contribution in [3.63, 3.8) is 0 Å². The summed E-state index contributed by atoms with van der Waals surface area (Å²) in [4.78, 5) is 38.1. The van der Waals surface area contributed by atoms with E-state index in [1.54, 1.807) is 0 Å². The van der Waals surface area contributed by atoms with E-state index < -0.39 is 6.10 Å². The van der Waals surface area contributed by atoms with Crippen LogP contribution in [-0.2, 0) is 28.6 Å². The molecule has 0 aromatic rings. The third-order valence-electron chi connectivity index (χ3n) is 13.1. The highest BCUT2D eigenvalue weighted by Crippen LogP contribution is 2.17. The monoisotopic (exact) mass is 941 g/mol. The Morgan fingerprint density at radius 2 is 0.552 bits per heavy atom. The van der Waals surface area contributed by atoms with E-state index in [1.807, 2.05) is 0 Å². The molecule has 1 atom stereocenters. The zero-order valence-corrected chi connectivity index (χ0v) is 44.9. The summed E-state index contributed by atoms with van der Waals surface area (Å²) in [6, 6.07) is 0. The average Bonchev–Trinajstić information content (AvgIpc) is 3.33. The predicted molar refractivity (Wildman–Crippen MR) is 289 cm³/mol. The molecule has 6 nitrogen and oxygen atoms in total. The van der Waals surface area contributed by atoms with Crippen LogP contribution >= 0.6 is 0 Å². The molecule has 0 fully saturated rings. The van der Waals surface area contributed by atoms with Crippen LogP contribution in [0, 0.1) is 0 Å². The van der Waals surface area contributed by atoms with Gasteiger partial charge in [-0.2, -0.15) is 0 Å². The molecule has 1 unspecified atom stereocenters. The van der Waals surface area contributed by atoms with Gasteiger partial charge in [-0.05, 0) is 51.4 Å². The SMILES string of the molecule is CCCCCCCC/C=C\C/C=C\C/C=C\CCCC(=O)OC(COC(=O)CCCCCCCCCCCCCCC)COC(=O)CCCCCCCCCCCCCCCCCCCCC.